The number of carbonyl (C=O) groups is 1. The lowest BCUT2D eigenvalue weighted by atomic mass is 10.1. The van der Waals surface area contributed by atoms with E-state index in [2.05, 4.69) is 0 Å². The topological polar surface area (TPSA) is 60.4 Å². The zero-order valence-corrected chi connectivity index (χ0v) is 11.2. The van der Waals surface area contributed by atoms with Crippen LogP contribution in [0.2, 0.25) is 0 Å². The number of hydrogen-bond donors (Lipinski definition) is 0. The maximum absolute atomic E-state index is 11.9. The van der Waals surface area contributed by atoms with E-state index in [4.69, 9.17) is 4.74 Å². The van der Waals surface area contributed by atoms with Crippen molar-refractivity contribution in [3.05, 3.63) is 29.8 Å². The number of rotatable bonds is 5. The maximum atomic E-state index is 11.9. The molecule has 0 heterocycles. The molecule has 2 rings (SSSR count). The minimum absolute atomic E-state index is 0.0780. The van der Waals surface area contributed by atoms with Crippen LogP contribution >= 0.6 is 0 Å². The molecule has 5 heteroatoms. The highest BCUT2D eigenvalue weighted by atomic mass is 32.2. The quantitative estimate of drug-likeness (QED) is 0.758. The van der Waals surface area contributed by atoms with Gasteiger partial charge in [0.2, 0.25) is 0 Å². The van der Waals surface area contributed by atoms with Crippen LogP contribution in [0.5, 0.6) is 5.75 Å². The van der Waals surface area contributed by atoms with E-state index in [-0.39, 0.29) is 11.7 Å². The number of carbonyl (C=O) groups excluding carboxylic acids is 1. The summed E-state index contributed by atoms with van der Waals surface area (Å²) >= 11 is 0. The number of hydrogen-bond acceptors (Lipinski definition) is 4. The lowest BCUT2D eigenvalue weighted by molar-refractivity contribution is -0.108. The van der Waals surface area contributed by atoms with Crippen LogP contribution in [-0.2, 0) is 14.6 Å². The van der Waals surface area contributed by atoms with Gasteiger partial charge in [-0.05, 0) is 17.7 Å². The number of ether oxygens (including phenoxy) is 1. The number of aldehydes is 1. The van der Waals surface area contributed by atoms with E-state index in [1.165, 1.54) is 0 Å². The molecule has 0 radical (unpaired) electrons. The van der Waals surface area contributed by atoms with Crippen LogP contribution in [0.1, 0.15) is 18.4 Å². The monoisotopic (exact) mass is 268 g/mol. The molecule has 0 saturated heterocycles. The highest BCUT2D eigenvalue weighted by Gasteiger charge is 2.57. The molecule has 0 spiro atoms. The van der Waals surface area contributed by atoms with Crippen LogP contribution in [0.3, 0.4) is 0 Å². The highest BCUT2D eigenvalue weighted by molar-refractivity contribution is 7.92. The van der Waals surface area contributed by atoms with Crippen molar-refractivity contribution in [1.82, 2.24) is 0 Å². The second-order valence-electron chi connectivity index (χ2n) is 4.43. The van der Waals surface area contributed by atoms with Crippen LogP contribution < -0.4 is 4.74 Å². The van der Waals surface area contributed by atoms with Crippen LogP contribution in [0.15, 0.2) is 24.3 Å². The SMILES string of the molecule is CCS(=O)(=O)[C@H]1[C@@H](C=O)[C@@H]1c1ccc(OC)cc1. The Morgan fingerprint density at radius 2 is 1.89 bits per heavy atom. The predicted octanol–water partition coefficient (Wildman–Crippen LogP) is 1.41. The lowest BCUT2D eigenvalue weighted by Crippen LogP contribution is -2.12. The maximum Gasteiger partial charge on any atom is 0.154 e. The van der Waals surface area contributed by atoms with E-state index in [9.17, 15) is 13.2 Å². The summed E-state index contributed by atoms with van der Waals surface area (Å²) in [7, 11) is -1.59. The van der Waals surface area contributed by atoms with Gasteiger partial charge in [-0.2, -0.15) is 0 Å². The molecule has 98 valence electrons. The molecule has 1 saturated carbocycles. The standard InChI is InChI=1S/C13H16O4S/c1-3-18(15,16)13-11(8-14)12(13)9-4-6-10(17-2)7-5-9/h4-8,11-13H,3H2,1-2H3/t11-,12-,13-/m0/s1. The number of sulfone groups is 1. The Balaban J connectivity index is 2.26. The minimum Gasteiger partial charge on any atom is -0.497 e. The zero-order valence-electron chi connectivity index (χ0n) is 10.4. The van der Waals surface area contributed by atoms with Gasteiger partial charge in [-0.1, -0.05) is 19.1 Å². The first kappa shape index (κ1) is 13.1. The Morgan fingerprint density at radius 3 is 2.33 bits per heavy atom. The van der Waals surface area contributed by atoms with Crippen molar-refractivity contribution in [1.29, 1.82) is 0 Å². The van der Waals surface area contributed by atoms with E-state index in [1.807, 2.05) is 12.1 Å². The fourth-order valence-corrected chi connectivity index (χ4v) is 4.15. The fourth-order valence-electron chi connectivity index (χ4n) is 2.36. The summed E-state index contributed by atoms with van der Waals surface area (Å²) in [4.78, 5) is 11.0. The van der Waals surface area contributed by atoms with Gasteiger partial charge in [0.15, 0.2) is 9.84 Å². The molecule has 3 atom stereocenters. The molecule has 1 aromatic carbocycles. The van der Waals surface area contributed by atoms with E-state index >= 15 is 0 Å². The van der Waals surface area contributed by atoms with Gasteiger partial charge in [0.1, 0.15) is 12.0 Å². The summed E-state index contributed by atoms with van der Waals surface area (Å²) in [5.41, 5.74) is 0.884. The summed E-state index contributed by atoms with van der Waals surface area (Å²) in [6.07, 6.45) is 0.757. The third kappa shape index (κ3) is 2.14. The molecular formula is C13H16O4S. The van der Waals surface area contributed by atoms with Gasteiger partial charge < -0.3 is 9.53 Å². The first-order chi connectivity index (χ1) is 8.55. The highest BCUT2D eigenvalue weighted by Crippen LogP contribution is 2.51. The normalized spacial score (nSPS) is 26.7. The average molecular weight is 268 g/mol. The summed E-state index contributed by atoms with van der Waals surface area (Å²) in [6, 6.07) is 7.21. The molecule has 0 bridgehead atoms. The Kier molecular flexibility index (Phi) is 3.43. The smallest absolute Gasteiger partial charge is 0.154 e. The first-order valence-corrected chi connectivity index (χ1v) is 7.57. The molecule has 0 unspecified atom stereocenters. The average Bonchev–Trinajstić information content (AvgIpc) is 3.14. The molecular weight excluding hydrogens is 252 g/mol. The van der Waals surface area contributed by atoms with Crippen LogP contribution in [0, 0.1) is 5.92 Å². The molecule has 0 N–H and O–H groups in total. The first-order valence-electron chi connectivity index (χ1n) is 5.86. The Hall–Kier alpha value is -1.36. The van der Waals surface area contributed by atoms with Crippen molar-refractivity contribution in [3.63, 3.8) is 0 Å². The third-order valence-corrected chi connectivity index (χ3v) is 5.72. The van der Waals surface area contributed by atoms with Gasteiger partial charge in [-0.3, -0.25) is 0 Å². The van der Waals surface area contributed by atoms with Gasteiger partial charge in [0.25, 0.3) is 0 Å². The van der Waals surface area contributed by atoms with Gasteiger partial charge in [0.05, 0.1) is 12.4 Å². The Morgan fingerprint density at radius 1 is 1.28 bits per heavy atom. The van der Waals surface area contributed by atoms with Crippen molar-refractivity contribution < 1.29 is 17.9 Å². The third-order valence-electron chi connectivity index (χ3n) is 3.48. The molecule has 4 nitrogen and oxygen atoms in total. The summed E-state index contributed by atoms with van der Waals surface area (Å²) in [5, 5.41) is -0.548. The van der Waals surface area contributed by atoms with E-state index in [1.54, 1.807) is 26.2 Å². The van der Waals surface area contributed by atoms with E-state index < -0.39 is 21.0 Å². The van der Waals surface area contributed by atoms with E-state index in [0.717, 1.165) is 17.6 Å². The lowest BCUT2D eigenvalue weighted by Gasteiger charge is -2.03. The minimum atomic E-state index is -3.16. The predicted molar refractivity (Wildman–Crippen MR) is 68.5 cm³/mol. The largest absolute Gasteiger partial charge is 0.497 e. The van der Waals surface area contributed by atoms with Gasteiger partial charge in [-0.15, -0.1) is 0 Å². The van der Waals surface area contributed by atoms with E-state index in [0.29, 0.717) is 0 Å². The molecule has 18 heavy (non-hydrogen) atoms. The van der Waals surface area contributed by atoms with Gasteiger partial charge in [0, 0.05) is 17.6 Å². The van der Waals surface area contributed by atoms with Gasteiger partial charge >= 0.3 is 0 Å². The Labute approximate surface area is 107 Å². The molecule has 0 amide bonds. The summed E-state index contributed by atoms with van der Waals surface area (Å²) < 4.78 is 28.8. The van der Waals surface area contributed by atoms with Crippen molar-refractivity contribution in [2.45, 2.75) is 18.1 Å². The zero-order chi connectivity index (χ0) is 13.3. The number of benzene rings is 1. The summed E-state index contributed by atoms with van der Waals surface area (Å²) in [6.45, 7) is 1.61. The molecule has 1 aromatic rings. The Bertz CT molecular complexity index is 533. The molecule has 0 aromatic heterocycles. The fraction of sp³-hybridized carbons (Fsp3) is 0.462. The van der Waals surface area contributed by atoms with Crippen LogP contribution in [0.4, 0.5) is 0 Å². The summed E-state index contributed by atoms with van der Waals surface area (Å²) in [5.74, 6) is 0.202. The van der Waals surface area contributed by atoms with Crippen LogP contribution in [-0.4, -0.2) is 32.8 Å². The molecule has 1 fully saturated rings. The van der Waals surface area contributed by atoms with Crippen molar-refractivity contribution in [2.75, 3.05) is 12.9 Å². The second-order valence-corrected chi connectivity index (χ2v) is 6.88. The molecule has 1 aliphatic carbocycles. The molecule has 1 aliphatic rings. The van der Waals surface area contributed by atoms with Crippen molar-refractivity contribution in [3.8, 4) is 5.75 Å². The number of methoxy groups -OCH3 is 1. The van der Waals surface area contributed by atoms with Crippen molar-refractivity contribution in [2.24, 2.45) is 5.92 Å². The molecule has 0 aliphatic heterocycles. The van der Waals surface area contributed by atoms with Gasteiger partial charge in [-0.25, -0.2) is 8.42 Å². The van der Waals surface area contributed by atoms with Crippen LogP contribution in [0.25, 0.3) is 0 Å². The van der Waals surface area contributed by atoms with Crippen molar-refractivity contribution >= 4 is 16.1 Å². The second kappa shape index (κ2) is 4.72.